The van der Waals surface area contributed by atoms with Gasteiger partial charge in [-0.05, 0) is 26.2 Å². The summed E-state index contributed by atoms with van der Waals surface area (Å²) in [6.07, 6.45) is 3.30. The first-order valence-corrected chi connectivity index (χ1v) is 5.62. The second-order valence-corrected chi connectivity index (χ2v) is 4.49. The monoisotopic (exact) mass is 197 g/mol. The maximum atomic E-state index is 11.6. The van der Waals surface area contributed by atoms with E-state index in [1.165, 1.54) is 0 Å². The van der Waals surface area contributed by atoms with Gasteiger partial charge in [0.25, 0.3) is 0 Å². The van der Waals surface area contributed by atoms with E-state index < -0.39 is 0 Å². The minimum Gasteiger partial charge on any atom is -0.380 e. The van der Waals surface area contributed by atoms with Crippen molar-refractivity contribution in [3.05, 3.63) is 0 Å². The van der Waals surface area contributed by atoms with E-state index in [1.54, 1.807) is 0 Å². The Balaban J connectivity index is 1.83. The summed E-state index contributed by atoms with van der Waals surface area (Å²) in [6.45, 7) is 5.43. The van der Waals surface area contributed by atoms with Crippen LogP contribution in [0.1, 0.15) is 26.2 Å². The lowest BCUT2D eigenvalue weighted by atomic mass is 10.2. The van der Waals surface area contributed by atoms with E-state index in [0.29, 0.717) is 24.3 Å². The molecule has 1 heterocycles. The Labute approximate surface area is 85.4 Å². The summed E-state index contributed by atoms with van der Waals surface area (Å²) in [4.78, 5) is 13.9. The average Bonchev–Trinajstić information content (AvgIpc) is 2.95. The van der Waals surface area contributed by atoms with Crippen molar-refractivity contribution >= 4 is 5.78 Å². The van der Waals surface area contributed by atoms with E-state index in [9.17, 15) is 4.79 Å². The molecule has 0 N–H and O–H groups in total. The number of hydrogen-bond acceptors (Lipinski definition) is 3. The van der Waals surface area contributed by atoms with Gasteiger partial charge in [-0.25, -0.2) is 0 Å². The van der Waals surface area contributed by atoms with Crippen molar-refractivity contribution in [2.45, 2.75) is 32.2 Å². The molecular formula is C11H19NO2. The number of ketones is 1. The Morgan fingerprint density at radius 1 is 1.50 bits per heavy atom. The molecule has 3 nitrogen and oxygen atoms in total. The summed E-state index contributed by atoms with van der Waals surface area (Å²) in [6, 6.07) is 0.403. The number of carbonyl (C=O) groups excluding carboxylic acids is 1. The van der Waals surface area contributed by atoms with Crippen molar-refractivity contribution in [3.8, 4) is 0 Å². The molecule has 1 aliphatic heterocycles. The summed E-state index contributed by atoms with van der Waals surface area (Å²) in [5.74, 6) is 0.838. The minimum atomic E-state index is 0.395. The molecule has 14 heavy (non-hydrogen) atoms. The average molecular weight is 197 g/mol. The predicted octanol–water partition coefficient (Wildman–Crippen LogP) is 1.08. The molecule has 2 rings (SSSR count). The smallest absolute Gasteiger partial charge is 0.149 e. The Bertz CT molecular complexity index is 213. The molecule has 0 aromatic rings. The van der Waals surface area contributed by atoms with Crippen molar-refractivity contribution in [2.24, 2.45) is 5.92 Å². The zero-order chi connectivity index (χ0) is 9.97. The molecule has 0 amide bonds. The molecule has 1 saturated heterocycles. The molecule has 2 fully saturated rings. The lowest BCUT2D eigenvalue weighted by Gasteiger charge is -2.25. The van der Waals surface area contributed by atoms with Crippen LogP contribution in [0.15, 0.2) is 0 Å². The van der Waals surface area contributed by atoms with Crippen LogP contribution < -0.4 is 0 Å². The highest BCUT2D eigenvalue weighted by Gasteiger charge is 2.31. The summed E-state index contributed by atoms with van der Waals surface area (Å²) >= 11 is 0. The van der Waals surface area contributed by atoms with E-state index in [4.69, 9.17) is 4.74 Å². The Hall–Kier alpha value is -0.410. The zero-order valence-electron chi connectivity index (χ0n) is 8.87. The van der Waals surface area contributed by atoms with Crippen molar-refractivity contribution in [2.75, 3.05) is 26.3 Å². The number of rotatable bonds is 3. The molecule has 80 valence electrons. The van der Waals surface area contributed by atoms with Gasteiger partial charge in [-0.2, -0.15) is 0 Å². The summed E-state index contributed by atoms with van der Waals surface area (Å²) in [7, 11) is 0. The lowest BCUT2D eigenvalue weighted by Crippen LogP contribution is -2.39. The second-order valence-electron chi connectivity index (χ2n) is 4.49. The van der Waals surface area contributed by atoms with Gasteiger partial charge >= 0.3 is 0 Å². The Morgan fingerprint density at radius 2 is 2.29 bits per heavy atom. The van der Waals surface area contributed by atoms with Crippen LogP contribution in [0.2, 0.25) is 0 Å². The van der Waals surface area contributed by atoms with Crippen LogP contribution in [0.3, 0.4) is 0 Å². The number of Topliss-reactive ketones (excluding diaryl/α,β-unsaturated/α-hetero) is 1. The molecule has 1 saturated carbocycles. The number of hydrogen-bond donors (Lipinski definition) is 0. The fraction of sp³-hybridized carbons (Fsp3) is 0.909. The molecule has 1 unspecified atom stereocenters. The van der Waals surface area contributed by atoms with Gasteiger partial charge in [-0.1, -0.05) is 0 Å². The van der Waals surface area contributed by atoms with Gasteiger partial charge in [0.2, 0.25) is 0 Å². The van der Waals surface area contributed by atoms with E-state index in [0.717, 1.165) is 39.0 Å². The van der Waals surface area contributed by atoms with Crippen molar-refractivity contribution in [1.29, 1.82) is 0 Å². The molecule has 3 heteroatoms. The topological polar surface area (TPSA) is 29.5 Å². The number of carbonyl (C=O) groups is 1. The Morgan fingerprint density at radius 3 is 3.00 bits per heavy atom. The van der Waals surface area contributed by atoms with Gasteiger partial charge in [-0.15, -0.1) is 0 Å². The molecule has 0 aromatic heterocycles. The number of nitrogens with zero attached hydrogens (tertiary/aromatic N) is 1. The van der Waals surface area contributed by atoms with Gasteiger partial charge < -0.3 is 4.74 Å². The first-order chi connectivity index (χ1) is 6.77. The predicted molar refractivity (Wildman–Crippen MR) is 54.2 cm³/mol. The molecule has 0 spiro atoms. The molecule has 2 aliphatic rings. The third kappa shape index (κ3) is 2.55. The lowest BCUT2D eigenvalue weighted by molar-refractivity contribution is -0.121. The van der Waals surface area contributed by atoms with Gasteiger partial charge in [0.05, 0.1) is 13.2 Å². The molecular weight excluding hydrogens is 178 g/mol. The summed E-state index contributed by atoms with van der Waals surface area (Å²) in [5.41, 5.74) is 0. The third-order valence-corrected chi connectivity index (χ3v) is 3.11. The molecule has 1 atom stereocenters. The largest absolute Gasteiger partial charge is 0.380 e. The van der Waals surface area contributed by atoms with Crippen molar-refractivity contribution in [3.63, 3.8) is 0 Å². The van der Waals surface area contributed by atoms with Gasteiger partial charge in [0.1, 0.15) is 5.78 Å². The molecule has 0 radical (unpaired) electrons. The fourth-order valence-electron chi connectivity index (χ4n) is 1.92. The van der Waals surface area contributed by atoms with Crippen molar-refractivity contribution in [1.82, 2.24) is 4.90 Å². The first-order valence-electron chi connectivity index (χ1n) is 5.62. The maximum Gasteiger partial charge on any atom is 0.149 e. The third-order valence-electron chi connectivity index (χ3n) is 3.11. The van der Waals surface area contributed by atoms with Gasteiger partial charge in [-0.3, -0.25) is 9.69 Å². The van der Waals surface area contributed by atoms with Crippen LogP contribution in [0.4, 0.5) is 0 Å². The highest BCUT2D eigenvalue weighted by atomic mass is 16.5. The quantitative estimate of drug-likeness (QED) is 0.678. The van der Waals surface area contributed by atoms with Crippen LogP contribution in [0, 0.1) is 5.92 Å². The second kappa shape index (κ2) is 4.41. The normalized spacial score (nSPS) is 29.9. The standard InChI is InChI=1S/C11H19NO2/c1-9-8-14-6-2-5-12(9)7-11(13)10-3-4-10/h9-10H,2-8H2,1H3. The van der Waals surface area contributed by atoms with Crippen LogP contribution in [-0.2, 0) is 9.53 Å². The van der Waals surface area contributed by atoms with Crippen LogP contribution in [-0.4, -0.2) is 43.0 Å². The van der Waals surface area contributed by atoms with Crippen LogP contribution >= 0.6 is 0 Å². The highest BCUT2D eigenvalue weighted by Crippen LogP contribution is 2.30. The highest BCUT2D eigenvalue weighted by molar-refractivity contribution is 5.85. The Kier molecular flexibility index (Phi) is 3.19. The van der Waals surface area contributed by atoms with E-state index in [1.807, 2.05) is 0 Å². The van der Waals surface area contributed by atoms with E-state index in [-0.39, 0.29) is 0 Å². The van der Waals surface area contributed by atoms with E-state index in [2.05, 4.69) is 11.8 Å². The zero-order valence-corrected chi connectivity index (χ0v) is 8.87. The van der Waals surface area contributed by atoms with Crippen molar-refractivity contribution < 1.29 is 9.53 Å². The summed E-state index contributed by atoms with van der Waals surface area (Å²) in [5, 5.41) is 0. The SMILES string of the molecule is CC1COCCCN1CC(=O)C1CC1. The van der Waals surface area contributed by atoms with Gasteiger partial charge in [0, 0.05) is 25.1 Å². The minimum absolute atomic E-state index is 0.395. The van der Waals surface area contributed by atoms with E-state index >= 15 is 0 Å². The first kappa shape index (κ1) is 10.1. The molecule has 0 bridgehead atoms. The number of ether oxygens (including phenoxy) is 1. The fourth-order valence-corrected chi connectivity index (χ4v) is 1.92. The molecule has 1 aliphatic carbocycles. The van der Waals surface area contributed by atoms with Crippen LogP contribution in [0.25, 0.3) is 0 Å². The van der Waals surface area contributed by atoms with Crippen LogP contribution in [0.5, 0.6) is 0 Å². The maximum absolute atomic E-state index is 11.6. The van der Waals surface area contributed by atoms with Gasteiger partial charge in [0.15, 0.2) is 0 Å². The molecule has 0 aromatic carbocycles. The summed E-state index contributed by atoms with van der Waals surface area (Å²) < 4.78 is 5.44.